The minimum absolute atomic E-state index is 0. The molecule has 0 aliphatic rings. The number of rotatable bonds is 5. The molecule has 3 nitrogen and oxygen atoms in total. The third-order valence-corrected chi connectivity index (χ3v) is 8.13. The van der Waals surface area contributed by atoms with Crippen LogP contribution >= 0.6 is 11.3 Å². The van der Waals surface area contributed by atoms with E-state index in [4.69, 9.17) is 9.10 Å². The van der Waals surface area contributed by atoms with E-state index in [1.807, 2.05) is 36.5 Å². The zero-order valence-electron chi connectivity index (χ0n) is 27.3. The molecule has 219 valence electrons. The Hall–Kier alpha value is -4.28. The first-order valence-electron chi connectivity index (χ1n) is 15.6. The molecule has 1 radical (unpaired) electrons. The molecule has 0 unspecified atom stereocenters. The molecule has 0 aliphatic heterocycles. The molecule has 7 rings (SSSR count). The van der Waals surface area contributed by atoms with Crippen molar-refractivity contribution < 1.29 is 24.2 Å². The Balaban J connectivity index is 0.000000217. The van der Waals surface area contributed by atoms with Gasteiger partial charge < -0.3 is 9.97 Å². The van der Waals surface area contributed by atoms with Gasteiger partial charge in [-0.25, -0.2) is 0 Å². The quantitative estimate of drug-likeness (QED) is 0.164. The maximum Gasteiger partial charge on any atom is 0.113 e. The van der Waals surface area contributed by atoms with E-state index in [-0.39, 0.29) is 25.7 Å². The van der Waals surface area contributed by atoms with Crippen LogP contribution in [-0.2, 0) is 20.1 Å². The van der Waals surface area contributed by atoms with Crippen LogP contribution in [0.15, 0.2) is 128 Å². The first-order valence-corrected chi connectivity index (χ1v) is 15.0. The summed E-state index contributed by atoms with van der Waals surface area (Å²) in [5, 5.41) is 1.01. The summed E-state index contributed by atoms with van der Waals surface area (Å²) in [5.41, 5.74) is 9.43. The van der Waals surface area contributed by atoms with Gasteiger partial charge in [0.05, 0.1) is 0 Å². The molecule has 3 aromatic heterocycles. The largest absolute Gasteiger partial charge is 0.305 e. The fraction of sp³-hybridized carbons (Fsp3) is 0.103. The third kappa shape index (κ3) is 7.26. The van der Waals surface area contributed by atoms with Crippen LogP contribution in [0.3, 0.4) is 0 Å². The van der Waals surface area contributed by atoms with Crippen LogP contribution in [-0.4, -0.2) is 15.0 Å². The van der Waals surface area contributed by atoms with Crippen LogP contribution in [0.2, 0.25) is 0 Å². The molecular weight excluding hydrogens is 735 g/mol. The van der Waals surface area contributed by atoms with E-state index in [9.17, 15) is 0 Å². The van der Waals surface area contributed by atoms with Crippen molar-refractivity contribution in [3.63, 3.8) is 0 Å². The number of aryl methyl sites for hydroxylation is 1. The van der Waals surface area contributed by atoms with Crippen molar-refractivity contribution in [2.24, 2.45) is 0 Å². The Morgan fingerprint density at radius 1 is 0.750 bits per heavy atom. The topological polar surface area (TPSA) is 38.7 Å². The molecule has 0 aliphatic carbocycles. The summed E-state index contributed by atoms with van der Waals surface area (Å²) in [5.74, 6) is 0.452. The summed E-state index contributed by atoms with van der Waals surface area (Å²) in [6.07, 6.45) is 3.28. The average molecular weight is 769 g/mol. The van der Waals surface area contributed by atoms with E-state index in [1.54, 1.807) is 29.5 Å². The molecule has 0 atom stereocenters. The SMILES string of the molecule is CC(C)c1ccnc(-c2[c-]c3nc(-c4ccccc4)sc3c(-c3ccccc3)c2)c1.[2H]C([2H])([2H])c1ccc(-c2[c-]cccc2)nc1.[Ir]. The number of nitrogens with zero attached hydrogens (tertiary/aromatic N) is 3. The van der Waals surface area contributed by atoms with Crippen molar-refractivity contribution in [2.75, 3.05) is 0 Å². The second kappa shape index (κ2) is 14.5. The fourth-order valence-corrected chi connectivity index (χ4v) is 5.76. The Morgan fingerprint density at radius 3 is 2.16 bits per heavy atom. The van der Waals surface area contributed by atoms with E-state index in [1.165, 1.54) is 22.9 Å². The van der Waals surface area contributed by atoms with Crippen molar-refractivity contribution in [1.29, 1.82) is 0 Å². The second-order valence-electron chi connectivity index (χ2n) is 10.4. The number of fused-ring (bicyclic) bond motifs is 1. The molecule has 7 aromatic rings. The van der Waals surface area contributed by atoms with E-state index >= 15 is 0 Å². The maximum absolute atomic E-state index is 7.23. The first-order chi connectivity index (χ1) is 22.3. The van der Waals surface area contributed by atoms with Gasteiger partial charge in [0.15, 0.2) is 0 Å². The number of pyridine rings is 2. The predicted molar refractivity (Wildman–Crippen MR) is 180 cm³/mol. The van der Waals surface area contributed by atoms with Crippen molar-refractivity contribution in [3.8, 4) is 44.2 Å². The van der Waals surface area contributed by atoms with Crippen molar-refractivity contribution in [2.45, 2.75) is 26.6 Å². The van der Waals surface area contributed by atoms with Gasteiger partial charge in [-0.2, -0.15) is 11.3 Å². The predicted octanol–water partition coefficient (Wildman–Crippen LogP) is 10.5. The van der Waals surface area contributed by atoms with E-state index < -0.39 is 6.85 Å². The molecule has 3 heterocycles. The van der Waals surface area contributed by atoms with Gasteiger partial charge in [-0.05, 0) is 51.6 Å². The third-order valence-electron chi connectivity index (χ3n) is 6.99. The monoisotopic (exact) mass is 769 g/mol. The van der Waals surface area contributed by atoms with Gasteiger partial charge in [0.2, 0.25) is 0 Å². The van der Waals surface area contributed by atoms with Gasteiger partial charge in [-0.15, -0.1) is 53.6 Å². The van der Waals surface area contributed by atoms with Crippen LogP contribution in [0.4, 0.5) is 0 Å². The Labute approximate surface area is 281 Å². The molecule has 0 N–H and O–H groups in total. The molecule has 4 aromatic carbocycles. The van der Waals surface area contributed by atoms with Crippen LogP contribution in [0.5, 0.6) is 0 Å². The molecular formula is C39H31IrN3S-2. The first kappa shape index (κ1) is 27.3. The standard InChI is InChI=1S/C27H21N2S.C12H10N.Ir/c1-18(2)21-13-14-28-24(16-21)22-15-23(19-9-5-3-6-10-19)26-25(17-22)29-27(30-26)20-11-7-4-8-12-20;1-10-7-8-12(13-9-10)11-5-3-2-4-6-11;/h3-16,18H,1-2H3;2-5,7-9H,1H3;/q2*-1;/i;1D3;. The van der Waals surface area contributed by atoms with Gasteiger partial charge >= 0.3 is 0 Å². The molecule has 0 saturated heterocycles. The van der Waals surface area contributed by atoms with E-state index in [0.717, 1.165) is 43.3 Å². The van der Waals surface area contributed by atoms with E-state index in [2.05, 4.69) is 103 Å². The molecule has 0 bridgehead atoms. The smallest absolute Gasteiger partial charge is 0.113 e. The van der Waals surface area contributed by atoms with Crippen LogP contribution < -0.4 is 0 Å². The van der Waals surface area contributed by atoms with Crippen molar-refractivity contribution in [3.05, 3.63) is 151 Å². The van der Waals surface area contributed by atoms with Gasteiger partial charge in [-0.1, -0.05) is 104 Å². The molecule has 0 amide bonds. The molecule has 44 heavy (non-hydrogen) atoms. The molecule has 0 saturated carbocycles. The normalized spacial score (nSPS) is 11.9. The Kier molecular flexibility index (Phi) is 8.97. The average Bonchev–Trinajstić information content (AvgIpc) is 3.54. The van der Waals surface area contributed by atoms with Gasteiger partial charge in [0, 0.05) is 42.2 Å². The van der Waals surface area contributed by atoms with Gasteiger partial charge in [-0.3, -0.25) is 4.98 Å². The van der Waals surface area contributed by atoms with Gasteiger partial charge in [0.25, 0.3) is 0 Å². The summed E-state index contributed by atoms with van der Waals surface area (Å²) in [4.78, 5) is 13.7. The summed E-state index contributed by atoms with van der Waals surface area (Å²) in [6, 6.07) is 44.6. The molecule has 0 spiro atoms. The zero-order valence-corrected chi connectivity index (χ0v) is 27.5. The number of benzene rings is 4. The van der Waals surface area contributed by atoms with Crippen molar-refractivity contribution >= 4 is 21.6 Å². The van der Waals surface area contributed by atoms with E-state index in [0.29, 0.717) is 5.92 Å². The summed E-state index contributed by atoms with van der Waals surface area (Å²) in [7, 11) is 0. The van der Waals surface area contributed by atoms with Crippen LogP contribution in [0.25, 0.3) is 54.4 Å². The Bertz CT molecular complexity index is 2050. The zero-order chi connectivity index (χ0) is 32.1. The minimum atomic E-state index is -2.09. The summed E-state index contributed by atoms with van der Waals surface area (Å²) in [6.45, 7) is 2.31. The molecule has 0 fully saturated rings. The molecule has 5 heteroatoms. The number of hydrogen-bond acceptors (Lipinski definition) is 4. The number of aromatic nitrogens is 3. The van der Waals surface area contributed by atoms with Gasteiger partial charge in [0.1, 0.15) is 5.01 Å². The Morgan fingerprint density at radius 2 is 1.50 bits per heavy atom. The minimum Gasteiger partial charge on any atom is -0.305 e. The van der Waals surface area contributed by atoms with Crippen molar-refractivity contribution in [1.82, 2.24) is 15.0 Å². The summed E-state index contributed by atoms with van der Waals surface area (Å²) < 4.78 is 22.9. The number of hydrogen-bond donors (Lipinski definition) is 0. The van der Waals surface area contributed by atoms with Crippen LogP contribution in [0.1, 0.15) is 35.0 Å². The van der Waals surface area contributed by atoms with Crippen LogP contribution in [0, 0.1) is 19.0 Å². The fourth-order valence-electron chi connectivity index (χ4n) is 4.69. The maximum atomic E-state index is 7.23. The summed E-state index contributed by atoms with van der Waals surface area (Å²) >= 11 is 1.72. The number of thiazole rings is 1. The second-order valence-corrected chi connectivity index (χ2v) is 11.4.